The number of allylic oxidation sites excluding steroid dienone is 1. The average Bonchev–Trinajstić information content (AvgIpc) is 3.87. The smallest absolute Gasteiger partial charge is 0.239 e. The first-order valence-electron chi connectivity index (χ1n) is 24.9. The minimum absolute atomic E-state index is 0.115. The van der Waals surface area contributed by atoms with Gasteiger partial charge in [-0.05, 0) is 116 Å². The van der Waals surface area contributed by atoms with Crippen LogP contribution in [0.1, 0.15) is 128 Å². The van der Waals surface area contributed by atoms with Crippen molar-refractivity contribution in [3.05, 3.63) is 103 Å². The number of aliphatic hydroxyl groups excluding tert-OH is 2. The largest absolute Gasteiger partial charge is 0.459 e. The summed E-state index contributed by atoms with van der Waals surface area (Å²) in [5.41, 5.74) is 5.13. The zero-order valence-electron chi connectivity index (χ0n) is 38.6. The highest BCUT2D eigenvalue weighted by Gasteiger charge is 2.65. The van der Waals surface area contributed by atoms with Crippen molar-refractivity contribution in [2.24, 2.45) is 28.8 Å². The van der Waals surface area contributed by atoms with Crippen LogP contribution >= 0.6 is 0 Å². The van der Waals surface area contributed by atoms with Crippen LogP contribution in [-0.4, -0.2) is 77.8 Å². The van der Waals surface area contributed by atoms with Crippen LogP contribution in [0.5, 0.6) is 17.2 Å². The summed E-state index contributed by atoms with van der Waals surface area (Å²) >= 11 is 0. The van der Waals surface area contributed by atoms with Crippen LogP contribution in [0.25, 0.3) is 11.1 Å². The number of fused-ring (bicyclic) bond motifs is 2. The van der Waals surface area contributed by atoms with Crippen LogP contribution in [-0.2, 0) is 19.1 Å². The summed E-state index contributed by atoms with van der Waals surface area (Å²) in [6.45, 7) is 7.92. The molecule has 350 valence electrons. The number of hydrogen-bond acceptors (Lipinski definition) is 9. The highest BCUT2D eigenvalue weighted by atomic mass is 16.8. The van der Waals surface area contributed by atoms with Gasteiger partial charge in [0.05, 0.1) is 24.8 Å². The Bertz CT molecular complexity index is 2060. The van der Waals surface area contributed by atoms with Crippen LogP contribution in [0, 0.1) is 23.7 Å². The van der Waals surface area contributed by atoms with Crippen molar-refractivity contribution >= 4 is 11.6 Å². The van der Waals surface area contributed by atoms with Gasteiger partial charge in [-0.2, -0.15) is 0 Å². The lowest BCUT2D eigenvalue weighted by atomic mass is 9.55. The third-order valence-corrected chi connectivity index (χ3v) is 14.7. The van der Waals surface area contributed by atoms with Crippen molar-refractivity contribution in [3.8, 4) is 28.4 Å². The van der Waals surface area contributed by atoms with E-state index in [1.165, 1.54) is 25.7 Å². The molecule has 65 heavy (non-hydrogen) atoms. The van der Waals surface area contributed by atoms with E-state index in [1.54, 1.807) is 6.08 Å². The molecule has 0 aromatic heterocycles. The zero-order valence-corrected chi connectivity index (χ0v) is 38.6. The maximum atomic E-state index is 14.9. The summed E-state index contributed by atoms with van der Waals surface area (Å²) in [6, 6.07) is 24.2. The number of hydrogen-bond donors (Lipinski definition) is 2. The zero-order chi connectivity index (χ0) is 45.0. The van der Waals surface area contributed by atoms with Crippen molar-refractivity contribution < 1.29 is 38.8 Å². The van der Waals surface area contributed by atoms with E-state index in [4.69, 9.17) is 28.9 Å². The first kappa shape index (κ1) is 47.0. The van der Waals surface area contributed by atoms with Crippen molar-refractivity contribution in [1.29, 1.82) is 0 Å². The summed E-state index contributed by atoms with van der Waals surface area (Å²) in [7, 11) is 0. The molecule has 3 fully saturated rings. The number of carbonyl (C=O) groups is 1. The Balaban J connectivity index is 1.26. The van der Waals surface area contributed by atoms with E-state index in [0.29, 0.717) is 50.5 Å². The number of ether oxygens (including phenoxy) is 4. The molecule has 7 atom stereocenters. The molecule has 8 rings (SSSR count). The number of oxime groups is 1. The Kier molecular flexibility index (Phi) is 16.5. The second-order valence-electron chi connectivity index (χ2n) is 18.9. The molecule has 1 amide bonds. The van der Waals surface area contributed by atoms with Crippen LogP contribution < -0.4 is 9.47 Å². The summed E-state index contributed by atoms with van der Waals surface area (Å²) in [5.74, 6) is 1.31. The van der Waals surface area contributed by atoms with E-state index >= 15 is 0 Å². The van der Waals surface area contributed by atoms with E-state index in [9.17, 15) is 15.0 Å². The molecular formula is C55H72N2O8. The van der Waals surface area contributed by atoms with E-state index in [-0.39, 0.29) is 49.4 Å². The standard InChI is InChI=1S/C55H72N2O8/c1-3-31-57(51(60)30-23-39-16-8-9-17-39)50-38-48(56-65-52-22-12-15-35-61-52)46-36-42(20-10-13-32-58)45(21-11-14-33-59)53-47-37-44(28-29-49(47)64-55(50,54(46)53)62-34-4-2)63-43-26-24-41(25-27-43)40-18-6-5-7-19-40/h4-7,18-19,24-29,36-37,39,42,45,50,52-54,58-59H,2-3,8-17,20-23,30-35,38H2,1H3/t42-,45+,50-,52?,53+,54+,55+/m0/s1. The van der Waals surface area contributed by atoms with Crippen LogP contribution in [0.3, 0.4) is 0 Å². The van der Waals surface area contributed by atoms with Crippen molar-refractivity contribution in [3.63, 3.8) is 0 Å². The number of amides is 1. The van der Waals surface area contributed by atoms with Gasteiger partial charge in [0.2, 0.25) is 18.0 Å². The van der Waals surface area contributed by atoms with Gasteiger partial charge in [0.25, 0.3) is 0 Å². The third kappa shape index (κ3) is 10.9. The Morgan fingerprint density at radius 1 is 0.892 bits per heavy atom. The summed E-state index contributed by atoms with van der Waals surface area (Å²) < 4.78 is 27.4. The average molecular weight is 889 g/mol. The van der Waals surface area contributed by atoms with Gasteiger partial charge in [-0.3, -0.25) is 4.79 Å². The lowest BCUT2D eigenvalue weighted by Crippen LogP contribution is -2.70. The van der Waals surface area contributed by atoms with Crippen molar-refractivity contribution in [2.75, 3.05) is 33.0 Å². The molecular weight excluding hydrogens is 817 g/mol. The molecule has 3 aromatic rings. The molecule has 0 spiro atoms. The topological polar surface area (TPSA) is 119 Å². The molecule has 1 unspecified atom stereocenters. The molecule has 3 aliphatic carbocycles. The fraction of sp³-hybridized carbons (Fsp3) is 0.564. The van der Waals surface area contributed by atoms with Gasteiger partial charge in [-0.25, -0.2) is 0 Å². The number of rotatable bonds is 22. The van der Waals surface area contributed by atoms with Crippen LogP contribution in [0.4, 0.5) is 0 Å². The minimum Gasteiger partial charge on any atom is -0.459 e. The number of unbranched alkanes of at least 4 members (excludes halogenated alkanes) is 2. The minimum atomic E-state index is -1.28. The fourth-order valence-electron chi connectivity index (χ4n) is 11.6. The van der Waals surface area contributed by atoms with Gasteiger partial charge in [0, 0.05) is 50.5 Å². The maximum Gasteiger partial charge on any atom is 0.239 e. The molecule has 2 heterocycles. The van der Waals surface area contributed by atoms with Crippen molar-refractivity contribution in [1.82, 2.24) is 4.90 Å². The van der Waals surface area contributed by atoms with Gasteiger partial charge < -0.3 is 38.9 Å². The predicted molar refractivity (Wildman–Crippen MR) is 255 cm³/mol. The van der Waals surface area contributed by atoms with Gasteiger partial charge in [0.1, 0.15) is 23.3 Å². The highest BCUT2D eigenvalue weighted by Crippen LogP contribution is 2.62. The lowest BCUT2D eigenvalue weighted by Gasteiger charge is -2.60. The molecule has 10 nitrogen and oxygen atoms in total. The quantitative estimate of drug-likeness (QED) is 0.0581. The van der Waals surface area contributed by atoms with Crippen LogP contribution in [0.15, 0.2) is 102 Å². The second-order valence-corrected chi connectivity index (χ2v) is 18.9. The molecule has 2 aliphatic heterocycles. The predicted octanol–water partition coefficient (Wildman–Crippen LogP) is 11.5. The van der Waals surface area contributed by atoms with E-state index < -0.39 is 18.1 Å². The lowest BCUT2D eigenvalue weighted by molar-refractivity contribution is -0.257. The molecule has 0 radical (unpaired) electrons. The molecule has 10 heteroatoms. The molecule has 1 saturated heterocycles. The Morgan fingerprint density at radius 2 is 1.63 bits per heavy atom. The summed E-state index contributed by atoms with van der Waals surface area (Å²) in [5, 5.41) is 25.1. The number of aliphatic hydroxyl groups is 2. The molecule has 0 bridgehead atoms. The highest BCUT2D eigenvalue weighted by molar-refractivity contribution is 6.03. The van der Waals surface area contributed by atoms with E-state index in [0.717, 1.165) is 97.3 Å². The number of benzene rings is 3. The van der Waals surface area contributed by atoms with Gasteiger partial charge >= 0.3 is 0 Å². The summed E-state index contributed by atoms with van der Waals surface area (Å²) in [6.07, 6.45) is 18.8. The Morgan fingerprint density at radius 3 is 2.35 bits per heavy atom. The molecule has 2 saturated carbocycles. The molecule has 3 aromatic carbocycles. The number of carbonyl (C=O) groups excluding carboxylic acids is 1. The van der Waals surface area contributed by atoms with Crippen LogP contribution in [0.2, 0.25) is 0 Å². The van der Waals surface area contributed by atoms with E-state index in [2.05, 4.69) is 54.8 Å². The molecule has 5 aliphatic rings. The summed E-state index contributed by atoms with van der Waals surface area (Å²) in [4.78, 5) is 23.3. The molecule has 2 N–H and O–H groups in total. The first-order valence-corrected chi connectivity index (χ1v) is 24.9. The Hall–Kier alpha value is -4.48. The second kappa shape index (κ2) is 22.8. The van der Waals surface area contributed by atoms with Gasteiger partial charge in [-0.15, -0.1) is 6.58 Å². The number of nitrogens with zero attached hydrogens (tertiary/aromatic N) is 2. The van der Waals surface area contributed by atoms with E-state index in [1.807, 2.05) is 42.5 Å². The fourth-order valence-corrected chi connectivity index (χ4v) is 11.6. The normalized spacial score (nSPS) is 26.7. The monoisotopic (exact) mass is 889 g/mol. The third-order valence-electron chi connectivity index (χ3n) is 14.7. The first-order chi connectivity index (χ1) is 32.0. The van der Waals surface area contributed by atoms with Gasteiger partial charge in [0.15, 0.2) is 0 Å². The maximum absolute atomic E-state index is 14.9. The van der Waals surface area contributed by atoms with Crippen molar-refractivity contribution in [2.45, 2.75) is 140 Å². The SMILES string of the molecule is C=CCO[C@@]12Oc3ccc(Oc4ccc(-c5ccccc5)cc4)cc3[C@H]3[C@H](CCCCO)[C@@H](CCCCO)C=C(C(=NOC4CCCCO4)C[C@@H]1N(CCC)C(=O)CCC1CCCC1)[C@H]32. The van der Waals surface area contributed by atoms with Gasteiger partial charge in [-0.1, -0.05) is 105 Å². The Labute approximate surface area is 387 Å².